The lowest BCUT2D eigenvalue weighted by Crippen LogP contribution is -2.46. The zero-order valence-corrected chi connectivity index (χ0v) is 20.7. The number of piperidine rings is 1. The van der Waals surface area contributed by atoms with E-state index in [4.69, 9.17) is 0 Å². The maximum absolute atomic E-state index is 13.2. The Morgan fingerprint density at radius 3 is 2.32 bits per heavy atom. The highest BCUT2D eigenvalue weighted by Gasteiger charge is 2.30. The van der Waals surface area contributed by atoms with Gasteiger partial charge in [0.15, 0.2) is 0 Å². The molecule has 4 rings (SSSR count). The monoisotopic (exact) mass is 497 g/mol. The summed E-state index contributed by atoms with van der Waals surface area (Å²) in [5, 5.41) is 4.67. The highest BCUT2D eigenvalue weighted by molar-refractivity contribution is 7.93. The number of anilines is 1. The van der Waals surface area contributed by atoms with Gasteiger partial charge in [-0.15, -0.1) is 11.3 Å². The Bertz CT molecular complexity index is 1290. The number of hydrogen-bond donors (Lipinski definition) is 2. The van der Waals surface area contributed by atoms with Crippen molar-refractivity contribution in [1.29, 1.82) is 0 Å². The summed E-state index contributed by atoms with van der Waals surface area (Å²) in [6.45, 7) is 4.71. The number of thiophene rings is 1. The lowest BCUT2D eigenvalue weighted by atomic mass is 10.0. The van der Waals surface area contributed by atoms with E-state index in [0.29, 0.717) is 37.2 Å². The van der Waals surface area contributed by atoms with Crippen LogP contribution in [0.25, 0.3) is 0 Å². The number of hydrogen-bond acceptors (Lipinski definition) is 5. The molecular formula is C25H27N3O4S2. The van der Waals surface area contributed by atoms with Gasteiger partial charge in [0.05, 0.1) is 0 Å². The van der Waals surface area contributed by atoms with E-state index in [1.807, 2.05) is 44.2 Å². The summed E-state index contributed by atoms with van der Waals surface area (Å²) in [5.74, 6) is -0.417. The average Bonchev–Trinajstić information content (AvgIpc) is 3.32. The highest BCUT2D eigenvalue weighted by Crippen LogP contribution is 2.27. The molecule has 7 nitrogen and oxygen atoms in total. The molecule has 1 aromatic heterocycles. The van der Waals surface area contributed by atoms with Gasteiger partial charge in [0.25, 0.3) is 21.8 Å². The zero-order valence-electron chi connectivity index (χ0n) is 19.1. The SMILES string of the molecule is Cc1ccc(NS(=O)(=O)c2ccsc2C(=O)N2CCC(NC(=O)c3ccccc3C)CC2)cc1. The van der Waals surface area contributed by atoms with Crippen LogP contribution >= 0.6 is 11.3 Å². The third-order valence-electron chi connectivity index (χ3n) is 5.92. The fourth-order valence-corrected chi connectivity index (χ4v) is 6.41. The number of aryl methyl sites for hydroxylation is 2. The molecule has 9 heteroatoms. The first-order chi connectivity index (χ1) is 16.2. The van der Waals surface area contributed by atoms with Crippen molar-refractivity contribution in [3.63, 3.8) is 0 Å². The summed E-state index contributed by atoms with van der Waals surface area (Å²) in [7, 11) is -3.90. The molecule has 2 N–H and O–H groups in total. The van der Waals surface area contributed by atoms with Crippen LogP contribution in [-0.2, 0) is 10.0 Å². The van der Waals surface area contributed by atoms with Gasteiger partial charge >= 0.3 is 0 Å². The molecule has 1 aliphatic heterocycles. The van der Waals surface area contributed by atoms with E-state index in [-0.39, 0.29) is 27.6 Å². The van der Waals surface area contributed by atoms with Gasteiger partial charge < -0.3 is 10.2 Å². The average molecular weight is 498 g/mol. The molecule has 178 valence electrons. The van der Waals surface area contributed by atoms with E-state index in [9.17, 15) is 18.0 Å². The van der Waals surface area contributed by atoms with Crippen molar-refractivity contribution in [2.24, 2.45) is 0 Å². The van der Waals surface area contributed by atoms with Crippen LogP contribution in [0.3, 0.4) is 0 Å². The minimum atomic E-state index is -3.90. The van der Waals surface area contributed by atoms with Crippen LogP contribution in [-0.4, -0.2) is 44.3 Å². The number of rotatable bonds is 6. The smallest absolute Gasteiger partial charge is 0.265 e. The summed E-state index contributed by atoms with van der Waals surface area (Å²) >= 11 is 1.12. The van der Waals surface area contributed by atoms with E-state index < -0.39 is 10.0 Å². The second kappa shape index (κ2) is 9.99. The fourth-order valence-electron chi connectivity index (χ4n) is 3.96. The molecule has 2 heterocycles. The number of nitrogens with zero attached hydrogens (tertiary/aromatic N) is 1. The number of nitrogens with one attached hydrogen (secondary N) is 2. The quantitative estimate of drug-likeness (QED) is 0.534. The molecule has 0 aliphatic carbocycles. The van der Waals surface area contributed by atoms with Crippen molar-refractivity contribution < 1.29 is 18.0 Å². The number of carbonyl (C=O) groups excluding carboxylic acids is 2. The molecule has 0 bridgehead atoms. The summed E-state index contributed by atoms with van der Waals surface area (Å²) in [6, 6.07) is 15.9. The molecule has 1 aliphatic rings. The maximum atomic E-state index is 13.2. The lowest BCUT2D eigenvalue weighted by molar-refractivity contribution is 0.0699. The minimum absolute atomic E-state index is 0.0157. The van der Waals surface area contributed by atoms with E-state index in [2.05, 4.69) is 10.0 Å². The predicted octanol–water partition coefficient (Wildman–Crippen LogP) is 4.20. The Labute approximate surface area is 203 Å². The molecule has 34 heavy (non-hydrogen) atoms. The van der Waals surface area contributed by atoms with Crippen LogP contribution in [0.1, 0.15) is 44.0 Å². The first-order valence-corrected chi connectivity index (χ1v) is 13.4. The number of likely N-dealkylation sites (tertiary alicyclic amines) is 1. The number of carbonyl (C=O) groups is 2. The van der Waals surface area contributed by atoms with Crippen LogP contribution in [0.5, 0.6) is 0 Å². The van der Waals surface area contributed by atoms with Crippen LogP contribution in [0.4, 0.5) is 5.69 Å². The molecule has 0 unspecified atom stereocenters. The molecule has 1 saturated heterocycles. The second-order valence-electron chi connectivity index (χ2n) is 8.44. The van der Waals surface area contributed by atoms with Crippen molar-refractivity contribution in [2.45, 2.75) is 37.6 Å². The summed E-state index contributed by atoms with van der Waals surface area (Å²) in [4.78, 5) is 27.6. The van der Waals surface area contributed by atoms with Crippen LogP contribution in [0.2, 0.25) is 0 Å². The number of benzene rings is 2. The molecule has 2 amide bonds. The maximum Gasteiger partial charge on any atom is 0.265 e. The van der Waals surface area contributed by atoms with Gasteiger partial charge in [-0.1, -0.05) is 35.9 Å². The Morgan fingerprint density at radius 2 is 1.65 bits per heavy atom. The summed E-state index contributed by atoms with van der Waals surface area (Å²) in [5.41, 5.74) is 3.03. The second-order valence-corrected chi connectivity index (χ2v) is 11.0. The summed E-state index contributed by atoms with van der Waals surface area (Å²) < 4.78 is 28.5. The predicted molar refractivity (Wildman–Crippen MR) is 134 cm³/mol. The minimum Gasteiger partial charge on any atom is -0.349 e. The van der Waals surface area contributed by atoms with Gasteiger partial charge in [-0.05, 0) is 61.9 Å². The molecule has 2 aromatic carbocycles. The van der Waals surface area contributed by atoms with Gasteiger partial charge in [0, 0.05) is 30.4 Å². The van der Waals surface area contributed by atoms with Gasteiger partial charge in [-0.3, -0.25) is 14.3 Å². The van der Waals surface area contributed by atoms with Gasteiger partial charge in [-0.2, -0.15) is 0 Å². The third-order valence-corrected chi connectivity index (χ3v) is 8.38. The van der Waals surface area contributed by atoms with Gasteiger partial charge in [0.1, 0.15) is 9.77 Å². The normalized spacial score (nSPS) is 14.6. The first kappa shape index (κ1) is 24.0. The summed E-state index contributed by atoms with van der Waals surface area (Å²) in [6.07, 6.45) is 1.22. The van der Waals surface area contributed by atoms with Crippen molar-refractivity contribution in [3.05, 3.63) is 81.5 Å². The third kappa shape index (κ3) is 5.31. The van der Waals surface area contributed by atoms with E-state index in [1.54, 1.807) is 28.5 Å². The van der Waals surface area contributed by atoms with E-state index in [1.165, 1.54) is 6.07 Å². The molecule has 0 atom stereocenters. The molecule has 0 spiro atoms. The van der Waals surface area contributed by atoms with Crippen molar-refractivity contribution in [1.82, 2.24) is 10.2 Å². The molecule has 0 radical (unpaired) electrons. The molecule has 1 fully saturated rings. The number of amides is 2. The van der Waals surface area contributed by atoms with Crippen LogP contribution in [0, 0.1) is 13.8 Å². The van der Waals surface area contributed by atoms with E-state index in [0.717, 1.165) is 22.5 Å². The topological polar surface area (TPSA) is 95.6 Å². The molecular weight excluding hydrogens is 470 g/mol. The standard InChI is InChI=1S/C25H27N3O4S2/c1-17-7-9-20(10-8-17)27-34(31,32)22-13-16-33-23(22)25(30)28-14-11-19(12-15-28)26-24(29)21-6-4-3-5-18(21)2/h3-10,13,16,19,27H,11-12,14-15H2,1-2H3,(H,26,29). The van der Waals surface area contributed by atoms with Crippen molar-refractivity contribution in [3.8, 4) is 0 Å². The first-order valence-electron chi connectivity index (χ1n) is 11.1. The highest BCUT2D eigenvalue weighted by atomic mass is 32.2. The number of sulfonamides is 1. The molecule has 3 aromatic rings. The van der Waals surface area contributed by atoms with Crippen LogP contribution < -0.4 is 10.0 Å². The van der Waals surface area contributed by atoms with E-state index >= 15 is 0 Å². The van der Waals surface area contributed by atoms with Crippen molar-refractivity contribution in [2.75, 3.05) is 17.8 Å². The Balaban J connectivity index is 1.39. The van der Waals surface area contributed by atoms with Gasteiger partial charge in [-0.25, -0.2) is 8.42 Å². The van der Waals surface area contributed by atoms with Crippen molar-refractivity contribution >= 4 is 38.9 Å². The Hall–Kier alpha value is -3.17. The van der Waals surface area contributed by atoms with Gasteiger partial charge in [0.2, 0.25) is 0 Å². The lowest BCUT2D eigenvalue weighted by Gasteiger charge is -2.32. The molecule has 0 saturated carbocycles. The van der Waals surface area contributed by atoms with Crippen LogP contribution in [0.15, 0.2) is 64.9 Å². The Morgan fingerprint density at radius 1 is 0.971 bits per heavy atom. The zero-order chi connectivity index (χ0) is 24.3. The fraction of sp³-hybridized carbons (Fsp3) is 0.280. The largest absolute Gasteiger partial charge is 0.349 e. The Kier molecular flexibility index (Phi) is 7.04.